The van der Waals surface area contributed by atoms with Crippen molar-refractivity contribution in [3.63, 3.8) is 0 Å². The second-order valence-electron chi connectivity index (χ2n) is 9.04. The first-order valence-corrected chi connectivity index (χ1v) is 13.8. The lowest BCUT2D eigenvalue weighted by atomic mass is 10.1. The third-order valence-electron chi connectivity index (χ3n) is 4.89. The normalized spacial score (nSPS) is 13.1. The zero-order valence-corrected chi connectivity index (χ0v) is 24.3. The molecule has 214 valence electrons. The maximum atomic E-state index is 11.1. The Labute approximate surface area is 229 Å². The number of rotatable bonds is 18. The Kier molecular flexibility index (Phi) is 25.5. The Morgan fingerprint density at radius 1 is 0.703 bits per heavy atom. The van der Waals surface area contributed by atoms with E-state index in [4.69, 9.17) is 25.8 Å². The zero-order valence-electron chi connectivity index (χ0n) is 23.5. The van der Waals surface area contributed by atoms with E-state index in [1.54, 1.807) is 20.8 Å². The van der Waals surface area contributed by atoms with E-state index >= 15 is 0 Å². The summed E-state index contributed by atoms with van der Waals surface area (Å²) in [7, 11) is 0. The minimum Gasteiger partial charge on any atom is -0.462 e. The number of epoxide rings is 1. The average molecular weight is 545 g/mol. The van der Waals surface area contributed by atoms with Gasteiger partial charge in [0, 0.05) is 16.7 Å². The van der Waals surface area contributed by atoms with E-state index in [-0.39, 0.29) is 30.6 Å². The first kappa shape index (κ1) is 37.0. The van der Waals surface area contributed by atoms with Gasteiger partial charge in [0.2, 0.25) is 0 Å². The van der Waals surface area contributed by atoms with E-state index < -0.39 is 0 Å². The van der Waals surface area contributed by atoms with Gasteiger partial charge in [-0.2, -0.15) is 0 Å². The molecule has 0 aromatic heterocycles. The Morgan fingerprint density at radius 2 is 1.08 bits per heavy atom. The lowest BCUT2D eigenvalue weighted by Gasteiger charge is -2.04. The number of halogens is 1. The summed E-state index contributed by atoms with van der Waals surface area (Å²) in [6.45, 7) is 19.4. The molecule has 8 heteroatoms. The number of unbranched alkanes of at least 4 members (excludes halogenated alkanes) is 9. The summed E-state index contributed by atoms with van der Waals surface area (Å²) in [6.07, 6.45) is 13.1. The summed E-state index contributed by atoms with van der Waals surface area (Å²) in [5.41, 5.74) is 1.32. The first-order valence-electron chi connectivity index (χ1n) is 13.2. The van der Waals surface area contributed by atoms with Crippen LogP contribution in [0.25, 0.3) is 0 Å². The second-order valence-corrected chi connectivity index (χ2v) is 9.42. The van der Waals surface area contributed by atoms with Crippen LogP contribution in [0.5, 0.6) is 0 Å². The van der Waals surface area contributed by atoms with Crippen molar-refractivity contribution in [1.82, 2.24) is 0 Å². The molecule has 1 saturated heterocycles. The molecule has 0 saturated carbocycles. The van der Waals surface area contributed by atoms with Crippen LogP contribution < -0.4 is 0 Å². The van der Waals surface area contributed by atoms with Crippen molar-refractivity contribution in [3.05, 3.63) is 36.5 Å². The van der Waals surface area contributed by atoms with Gasteiger partial charge in [-0.3, -0.25) is 0 Å². The summed E-state index contributed by atoms with van der Waals surface area (Å²) < 4.78 is 19.2. The van der Waals surface area contributed by atoms with Gasteiger partial charge in [0.05, 0.1) is 19.1 Å². The highest BCUT2D eigenvalue weighted by atomic mass is 35.5. The largest absolute Gasteiger partial charge is 0.462 e. The SMILES string of the molecule is C=C(C)C(=O)OCC1CO1.C=C(C)C(=O)OCCCCCCCCCCCC.C=C(C)C(=O)OCCCl. The molecular weight excluding hydrogens is 496 g/mol. The third kappa shape index (κ3) is 28.3. The van der Waals surface area contributed by atoms with E-state index in [1.165, 1.54) is 57.8 Å². The molecule has 1 atom stereocenters. The zero-order chi connectivity index (χ0) is 28.5. The van der Waals surface area contributed by atoms with Gasteiger partial charge in [-0.05, 0) is 27.2 Å². The summed E-state index contributed by atoms with van der Waals surface area (Å²) in [5, 5.41) is 0. The number of alkyl halides is 1. The first-order chi connectivity index (χ1) is 17.6. The van der Waals surface area contributed by atoms with Gasteiger partial charge in [0.25, 0.3) is 0 Å². The average Bonchev–Trinajstić information content (AvgIpc) is 3.69. The van der Waals surface area contributed by atoms with Crippen LogP contribution in [0.15, 0.2) is 36.5 Å². The Morgan fingerprint density at radius 3 is 1.46 bits per heavy atom. The number of carbonyl (C=O) groups is 3. The van der Waals surface area contributed by atoms with Gasteiger partial charge >= 0.3 is 17.9 Å². The molecule has 0 radical (unpaired) electrons. The number of ether oxygens (including phenoxy) is 4. The number of hydrogen-bond acceptors (Lipinski definition) is 7. The quantitative estimate of drug-likeness (QED) is 0.0464. The highest BCUT2D eigenvalue weighted by Gasteiger charge is 2.24. The van der Waals surface area contributed by atoms with Gasteiger partial charge in [-0.1, -0.05) is 84.4 Å². The van der Waals surface area contributed by atoms with E-state index in [2.05, 4.69) is 31.4 Å². The lowest BCUT2D eigenvalue weighted by molar-refractivity contribution is -0.140. The van der Waals surface area contributed by atoms with Crippen LogP contribution in [0, 0.1) is 0 Å². The fourth-order valence-corrected chi connectivity index (χ4v) is 2.67. The van der Waals surface area contributed by atoms with E-state index in [9.17, 15) is 14.4 Å². The summed E-state index contributed by atoms with van der Waals surface area (Å²) in [5.74, 6) is -0.643. The molecule has 1 fully saturated rings. The summed E-state index contributed by atoms with van der Waals surface area (Å²) in [6, 6.07) is 0. The summed E-state index contributed by atoms with van der Waals surface area (Å²) in [4.78, 5) is 32.3. The Bertz CT molecular complexity index is 684. The van der Waals surface area contributed by atoms with Crippen molar-refractivity contribution in [2.24, 2.45) is 0 Å². The van der Waals surface area contributed by atoms with Gasteiger partial charge < -0.3 is 18.9 Å². The molecule has 1 aliphatic rings. The Balaban J connectivity index is 0. The molecule has 0 bridgehead atoms. The Hall–Kier alpha value is -2.12. The predicted octanol–water partition coefficient (Wildman–Crippen LogP) is 6.88. The smallest absolute Gasteiger partial charge is 0.333 e. The van der Waals surface area contributed by atoms with Gasteiger partial charge in [0.15, 0.2) is 0 Å². The predicted molar refractivity (Wildman–Crippen MR) is 150 cm³/mol. The molecule has 0 amide bonds. The topological polar surface area (TPSA) is 91.4 Å². The maximum absolute atomic E-state index is 11.1. The van der Waals surface area contributed by atoms with E-state index in [1.807, 2.05) is 0 Å². The van der Waals surface area contributed by atoms with Crippen LogP contribution in [0.2, 0.25) is 0 Å². The molecule has 0 aliphatic carbocycles. The molecule has 1 aliphatic heterocycles. The van der Waals surface area contributed by atoms with Gasteiger partial charge in [0.1, 0.15) is 19.3 Å². The highest BCUT2D eigenvalue weighted by Crippen LogP contribution is 2.11. The van der Waals surface area contributed by atoms with Crippen molar-refractivity contribution in [3.8, 4) is 0 Å². The van der Waals surface area contributed by atoms with Gasteiger partial charge in [-0.15, -0.1) is 11.6 Å². The molecule has 37 heavy (non-hydrogen) atoms. The summed E-state index contributed by atoms with van der Waals surface area (Å²) >= 11 is 5.24. The molecule has 0 N–H and O–H groups in total. The lowest BCUT2D eigenvalue weighted by Crippen LogP contribution is -2.09. The van der Waals surface area contributed by atoms with Crippen LogP contribution >= 0.6 is 11.6 Å². The van der Waals surface area contributed by atoms with Crippen molar-refractivity contribution < 1.29 is 33.3 Å². The maximum Gasteiger partial charge on any atom is 0.333 e. The fraction of sp³-hybridized carbons (Fsp3) is 0.690. The fourth-order valence-electron chi connectivity index (χ4n) is 2.59. The van der Waals surface area contributed by atoms with Gasteiger partial charge in [-0.25, -0.2) is 14.4 Å². The van der Waals surface area contributed by atoms with Crippen molar-refractivity contribution in [2.45, 2.75) is 98.0 Å². The molecule has 0 aromatic rings. The number of hydrogen-bond donors (Lipinski definition) is 0. The third-order valence-corrected chi connectivity index (χ3v) is 5.04. The standard InChI is InChI=1S/C16H30O2.C7H10O3.C6H9ClO2/c1-4-5-6-7-8-9-10-11-12-13-14-18-16(17)15(2)3;1-5(2)7(8)10-4-6-3-9-6;1-5(2)6(8)9-4-3-7/h2,4-14H2,1,3H3;6H,1,3-4H2,2H3;1,3-4H2,2H3. The minimum atomic E-state index is -0.379. The monoisotopic (exact) mass is 544 g/mol. The van der Waals surface area contributed by atoms with Crippen molar-refractivity contribution >= 4 is 29.5 Å². The van der Waals surface area contributed by atoms with E-state index in [0.29, 0.717) is 42.4 Å². The molecular formula is C29H49ClO7. The highest BCUT2D eigenvalue weighted by molar-refractivity contribution is 6.18. The van der Waals surface area contributed by atoms with Crippen LogP contribution in [0.1, 0.15) is 91.9 Å². The number of carbonyl (C=O) groups excluding carboxylic acids is 3. The van der Waals surface area contributed by atoms with Crippen molar-refractivity contribution in [2.75, 3.05) is 32.3 Å². The molecule has 1 unspecified atom stereocenters. The molecule has 0 spiro atoms. The second kappa shape index (κ2) is 25.5. The molecule has 7 nitrogen and oxygen atoms in total. The van der Waals surface area contributed by atoms with Crippen molar-refractivity contribution in [1.29, 1.82) is 0 Å². The van der Waals surface area contributed by atoms with Crippen LogP contribution in [-0.4, -0.2) is 56.3 Å². The van der Waals surface area contributed by atoms with E-state index in [0.717, 1.165) is 6.42 Å². The van der Waals surface area contributed by atoms with Crippen LogP contribution in [-0.2, 0) is 33.3 Å². The number of esters is 3. The van der Waals surface area contributed by atoms with Crippen LogP contribution in [0.3, 0.4) is 0 Å². The minimum absolute atomic E-state index is 0.142. The van der Waals surface area contributed by atoms with Crippen LogP contribution in [0.4, 0.5) is 0 Å². The molecule has 0 aromatic carbocycles. The molecule has 1 heterocycles. The molecule has 1 rings (SSSR count).